The molecule has 0 amide bonds. The van der Waals surface area contributed by atoms with Crippen molar-refractivity contribution in [1.29, 1.82) is 0 Å². The maximum absolute atomic E-state index is 12.2. The molecule has 0 spiro atoms. The first kappa shape index (κ1) is 27.1. The predicted octanol–water partition coefficient (Wildman–Crippen LogP) is 4.75. The van der Waals surface area contributed by atoms with E-state index in [2.05, 4.69) is 11.5 Å². The number of methoxy groups -OCH3 is 2. The fraction of sp³-hybridized carbons (Fsp3) is 0.577. The van der Waals surface area contributed by atoms with Crippen molar-refractivity contribution in [3.8, 4) is 0 Å². The van der Waals surface area contributed by atoms with Crippen LogP contribution in [0.4, 0.5) is 5.69 Å². The maximum Gasteiger partial charge on any atom is 0.146 e. The lowest BCUT2D eigenvalue weighted by Gasteiger charge is -2.40. The minimum atomic E-state index is -1.53. The van der Waals surface area contributed by atoms with E-state index in [1.165, 1.54) is 0 Å². The van der Waals surface area contributed by atoms with Gasteiger partial charge in [-0.2, -0.15) is 0 Å². The second-order valence-corrected chi connectivity index (χ2v) is 9.95. The van der Waals surface area contributed by atoms with E-state index in [9.17, 15) is 9.90 Å². The summed E-state index contributed by atoms with van der Waals surface area (Å²) in [5.41, 5.74) is 0.343. The van der Waals surface area contributed by atoms with Crippen molar-refractivity contribution in [1.82, 2.24) is 0 Å². The zero-order valence-corrected chi connectivity index (χ0v) is 20.6. The Kier molecular flexibility index (Phi) is 9.68. The standard InChI is InChI=1S/C26H41NO4/c1-20(24(2,3)4)26(29,18-21(19-28)25(5,6)7)22-12-10-11-13-23(22)27(14-16-30-8)15-17-31-9/h10-13,18-19,29H,1,14-17H2,2-9H3/b21-18+. The number of para-hydroxylation sites is 1. The first-order valence-corrected chi connectivity index (χ1v) is 10.8. The molecule has 1 unspecified atom stereocenters. The zero-order valence-electron chi connectivity index (χ0n) is 20.6. The van der Waals surface area contributed by atoms with E-state index in [0.29, 0.717) is 43.0 Å². The molecule has 174 valence electrons. The molecule has 0 aliphatic heterocycles. The number of hydrogen-bond donors (Lipinski definition) is 1. The molecule has 31 heavy (non-hydrogen) atoms. The molecule has 0 fully saturated rings. The van der Waals surface area contributed by atoms with E-state index < -0.39 is 16.4 Å². The maximum atomic E-state index is 12.2. The van der Waals surface area contributed by atoms with Crippen molar-refractivity contribution in [3.05, 3.63) is 53.6 Å². The van der Waals surface area contributed by atoms with E-state index in [1.54, 1.807) is 20.3 Å². The van der Waals surface area contributed by atoms with E-state index in [4.69, 9.17) is 9.47 Å². The lowest BCUT2D eigenvalue weighted by Crippen LogP contribution is -2.38. The lowest BCUT2D eigenvalue weighted by atomic mass is 9.71. The molecule has 0 bridgehead atoms. The summed E-state index contributed by atoms with van der Waals surface area (Å²) in [7, 11) is 3.33. The van der Waals surface area contributed by atoms with Gasteiger partial charge in [0.05, 0.1) is 13.2 Å². The molecule has 1 aromatic rings. The first-order valence-electron chi connectivity index (χ1n) is 10.8. The normalized spacial score (nSPS) is 14.8. The SMILES string of the molecule is C=C(C(C)(C)C)C(O)(/C=C(\C=O)C(C)(C)C)c1ccccc1N(CCOC)CCOC. The van der Waals surface area contributed by atoms with Crippen molar-refractivity contribution in [2.75, 3.05) is 45.4 Å². The molecule has 1 rings (SSSR count). The Labute approximate surface area is 188 Å². The van der Waals surface area contributed by atoms with Crippen LogP contribution < -0.4 is 4.90 Å². The van der Waals surface area contributed by atoms with Crippen molar-refractivity contribution >= 4 is 12.0 Å². The lowest BCUT2D eigenvalue weighted by molar-refractivity contribution is -0.105. The quantitative estimate of drug-likeness (QED) is 0.311. The van der Waals surface area contributed by atoms with Gasteiger partial charge < -0.3 is 19.5 Å². The van der Waals surface area contributed by atoms with Crippen LogP contribution >= 0.6 is 0 Å². The van der Waals surface area contributed by atoms with Gasteiger partial charge in [0, 0.05) is 38.6 Å². The van der Waals surface area contributed by atoms with Gasteiger partial charge in [-0.1, -0.05) is 66.3 Å². The van der Waals surface area contributed by atoms with Crippen LogP contribution in [0.15, 0.2) is 48.1 Å². The molecule has 0 saturated heterocycles. The summed E-state index contributed by atoms with van der Waals surface area (Å²) in [5, 5.41) is 12.2. The summed E-state index contributed by atoms with van der Waals surface area (Å²) >= 11 is 0. The van der Waals surface area contributed by atoms with Crippen molar-refractivity contribution in [3.63, 3.8) is 0 Å². The Morgan fingerprint density at radius 1 is 1.00 bits per heavy atom. The Morgan fingerprint density at radius 3 is 1.94 bits per heavy atom. The monoisotopic (exact) mass is 431 g/mol. The largest absolute Gasteiger partial charge is 0.383 e. The van der Waals surface area contributed by atoms with Crippen LogP contribution in [0.5, 0.6) is 0 Å². The molecule has 1 aromatic carbocycles. The second kappa shape index (κ2) is 11.1. The summed E-state index contributed by atoms with van der Waals surface area (Å²) in [5.74, 6) is 0. The number of rotatable bonds is 11. The highest BCUT2D eigenvalue weighted by molar-refractivity contribution is 5.76. The Balaban J connectivity index is 3.80. The molecule has 0 aromatic heterocycles. The van der Waals surface area contributed by atoms with Crippen LogP contribution in [-0.2, 0) is 19.9 Å². The molecular weight excluding hydrogens is 390 g/mol. The van der Waals surface area contributed by atoms with Crippen molar-refractivity contribution in [2.24, 2.45) is 10.8 Å². The number of aldehydes is 1. The highest BCUT2D eigenvalue weighted by Gasteiger charge is 2.40. The Hall–Kier alpha value is -1.95. The Bertz CT molecular complexity index is 762. The number of benzene rings is 1. The van der Waals surface area contributed by atoms with Crippen LogP contribution in [-0.4, -0.2) is 51.9 Å². The predicted molar refractivity (Wildman–Crippen MR) is 129 cm³/mol. The van der Waals surface area contributed by atoms with E-state index in [-0.39, 0.29) is 0 Å². The zero-order chi connectivity index (χ0) is 23.9. The molecule has 0 saturated carbocycles. The third-order valence-electron chi connectivity index (χ3n) is 5.51. The van der Waals surface area contributed by atoms with E-state index in [1.807, 2.05) is 65.8 Å². The van der Waals surface area contributed by atoms with Gasteiger partial charge in [0.25, 0.3) is 0 Å². The fourth-order valence-electron chi connectivity index (χ4n) is 3.38. The average Bonchev–Trinajstić information content (AvgIpc) is 2.70. The molecule has 5 heteroatoms. The number of carbonyl (C=O) groups excluding carboxylic acids is 1. The Morgan fingerprint density at radius 2 is 1.52 bits per heavy atom. The molecule has 0 aliphatic rings. The number of nitrogens with zero attached hydrogens (tertiary/aromatic N) is 1. The minimum Gasteiger partial charge on any atom is -0.383 e. The van der Waals surface area contributed by atoms with Gasteiger partial charge in [-0.25, -0.2) is 0 Å². The van der Waals surface area contributed by atoms with E-state index in [0.717, 1.165) is 12.0 Å². The van der Waals surface area contributed by atoms with Crippen LogP contribution in [0, 0.1) is 10.8 Å². The highest BCUT2D eigenvalue weighted by atomic mass is 16.5. The van der Waals surface area contributed by atoms with Gasteiger partial charge in [-0.15, -0.1) is 0 Å². The number of anilines is 1. The highest BCUT2D eigenvalue weighted by Crippen LogP contribution is 2.45. The van der Waals surface area contributed by atoms with Gasteiger partial charge in [-0.3, -0.25) is 4.79 Å². The fourth-order valence-corrected chi connectivity index (χ4v) is 3.38. The molecule has 0 radical (unpaired) electrons. The van der Waals surface area contributed by atoms with Gasteiger partial charge in [0.15, 0.2) is 0 Å². The second-order valence-electron chi connectivity index (χ2n) is 9.95. The first-order chi connectivity index (χ1) is 14.3. The molecule has 1 atom stereocenters. The van der Waals surface area contributed by atoms with Crippen LogP contribution in [0.3, 0.4) is 0 Å². The molecule has 5 nitrogen and oxygen atoms in total. The van der Waals surface area contributed by atoms with Crippen molar-refractivity contribution < 1.29 is 19.4 Å². The third-order valence-corrected chi connectivity index (χ3v) is 5.51. The summed E-state index contributed by atoms with van der Waals surface area (Å²) in [6, 6.07) is 7.73. The molecule has 0 aliphatic carbocycles. The van der Waals surface area contributed by atoms with Crippen molar-refractivity contribution in [2.45, 2.75) is 47.1 Å². The summed E-state index contributed by atoms with van der Waals surface area (Å²) in [4.78, 5) is 14.1. The number of hydrogen-bond acceptors (Lipinski definition) is 5. The van der Waals surface area contributed by atoms with Gasteiger partial charge in [-0.05, 0) is 34.1 Å². The van der Waals surface area contributed by atoms with Crippen LogP contribution in [0.25, 0.3) is 0 Å². The number of carbonyl (C=O) groups is 1. The van der Waals surface area contributed by atoms with Crippen LogP contribution in [0.1, 0.15) is 47.1 Å². The minimum absolute atomic E-state index is 0.395. The van der Waals surface area contributed by atoms with E-state index >= 15 is 0 Å². The smallest absolute Gasteiger partial charge is 0.146 e. The van der Waals surface area contributed by atoms with Gasteiger partial charge in [0.2, 0.25) is 0 Å². The summed E-state index contributed by atoms with van der Waals surface area (Å²) in [6.07, 6.45) is 2.51. The molecule has 1 N–H and O–H groups in total. The molecular formula is C26H41NO4. The van der Waals surface area contributed by atoms with Gasteiger partial charge >= 0.3 is 0 Å². The summed E-state index contributed by atoms with van der Waals surface area (Å²) in [6.45, 7) is 18.6. The third kappa shape index (κ3) is 7.03. The van der Waals surface area contributed by atoms with Crippen LogP contribution in [0.2, 0.25) is 0 Å². The topological polar surface area (TPSA) is 59.0 Å². The number of ether oxygens (including phenoxy) is 2. The molecule has 0 heterocycles. The van der Waals surface area contributed by atoms with Gasteiger partial charge in [0.1, 0.15) is 11.9 Å². The number of allylic oxidation sites excluding steroid dienone is 1. The summed E-state index contributed by atoms with van der Waals surface area (Å²) < 4.78 is 10.6. The number of aliphatic hydroxyl groups is 1. The average molecular weight is 432 g/mol.